The average Bonchev–Trinajstić information content (AvgIpc) is 2.76. The molecule has 0 aliphatic rings. The van der Waals surface area contributed by atoms with Crippen molar-refractivity contribution in [1.29, 1.82) is 0 Å². The van der Waals surface area contributed by atoms with Gasteiger partial charge in [0.1, 0.15) is 0 Å². The molecule has 0 aliphatic carbocycles. The van der Waals surface area contributed by atoms with Crippen LogP contribution in [-0.4, -0.2) is 20.6 Å². The lowest BCUT2D eigenvalue weighted by Gasteiger charge is -2.23. The Bertz CT molecular complexity index is 1090. The van der Waals surface area contributed by atoms with E-state index in [4.69, 9.17) is 0 Å². The van der Waals surface area contributed by atoms with Crippen molar-refractivity contribution < 1.29 is 13.2 Å². The molecule has 30 heavy (non-hydrogen) atoms. The highest BCUT2D eigenvalue weighted by Crippen LogP contribution is 2.28. The summed E-state index contributed by atoms with van der Waals surface area (Å²) < 4.78 is 24.2. The van der Waals surface area contributed by atoms with Gasteiger partial charge < -0.3 is 4.90 Å². The van der Waals surface area contributed by atoms with E-state index in [0.29, 0.717) is 23.4 Å². The van der Waals surface area contributed by atoms with Crippen LogP contribution in [0.3, 0.4) is 0 Å². The fourth-order valence-corrected chi connectivity index (χ4v) is 4.31. The molecule has 0 saturated carbocycles. The Morgan fingerprint density at radius 1 is 0.867 bits per heavy atom. The van der Waals surface area contributed by atoms with Crippen molar-refractivity contribution in [2.75, 3.05) is 11.2 Å². The van der Waals surface area contributed by atoms with E-state index in [0.717, 1.165) is 29.7 Å². The second-order valence-corrected chi connectivity index (χ2v) is 9.37. The smallest absolute Gasteiger partial charge is 0.227 e. The molecule has 3 rings (SSSR count). The summed E-state index contributed by atoms with van der Waals surface area (Å²) in [6.45, 7) is 2.55. The normalized spacial score (nSPS) is 11.3. The number of hydrogen-bond acceptors (Lipinski definition) is 3. The predicted molar refractivity (Wildman–Crippen MR) is 122 cm³/mol. The Labute approximate surface area is 179 Å². The van der Waals surface area contributed by atoms with E-state index in [-0.39, 0.29) is 5.91 Å². The Hall–Kier alpha value is -2.92. The van der Waals surface area contributed by atoms with Crippen molar-refractivity contribution in [3.63, 3.8) is 0 Å². The average molecular weight is 422 g/mol. The summed E-state index contributed by atoms with van der Waals surface area (Å²) in [5, 5.41) is 0. The van der Waals surface area contributed by atoms with Crippen LogP contribution in [0.1, 0.15) is 31.7 Å². The summed E-state index contributed by atoms with van der Waals surface area (Å²) >= 11 is 0. The van der Waals surface area contributed by atoms with Gasteiger partial charge in [-0.15, -0.1) is 0 Å². The molecule has 0 aliphatic heterocycles. The number of hydrogen-bond donors (Lipinski definition) is 0. The maximum Gasteiger partial charge on any atom is 0.227 e. The van der Waals surface area contributed by atoms with E-state index >= 15 is 0 Å². The van der Waals surface area contributed by atoms with Gasteiger partial charge in [0, 0.05) is 23.9 Å². The first-order valence-electron chi connectivity index (χ1n) is 10.1. The van der Waals surface area contributed by atoms with E-state index < -0.39 is 9.84 Å². The van der Waals surface area contributed by atoms with Crippen molar-refractivity contribution >= 4 is 21.4 Å². The summed E-state index contributed by atoms with van der Waals surface area (Å²) in [5.41, 5.74) is 3.39. The molecule has 0 spiro atoms. The van der Waals surface area contributed by atoms with Crippen LogP contribution in [0, 0.1) is 0 Å². The molecule has 0 N–H and O–H groups in total. The molecule has 0 fully saturated rings. The number of carbonyl (C=O) groups excluding carboxylic acids is 1. The summed E-state index contributed by atoms with van der Waals surface area (Å²) in [6, 6.07) is 24.4. The lowest BCUT2D eigenvalue weighted by Crippen LogP contribution is -2.30. The number of nitrogens with zero attached hydrogens (tertiary/aromatic N) is 1. The standard InChI is InChI=1S/C25H27NO3S/c1-3-4-14-25(27)26(22-10-6-5-7-11-22)19-20-15-17-21(18-16-20)23-12-8-9-13-24(23)30(2,28)29/h5-13,15-18H,3-4,14,19H2,1-2H3. The molecule has 3 aromatic carbocycles. The third kappa shape index (κ3) is 5.36. The highest BCUT2D eigenvalue weighted by Gasteiger charge is 2.17. The first-order chi connectivity index (χ1) is 14.4. The van der Waals surface area contributed by atoms with Crippen LogP contribution in [-0.2, 0) is 21.2 Å². The number of rotatable bonds is 8. The zero-order valence-corrected chi connectivity index (χ0v) is 18.2. The number of carbonyl (C=O) groups is 1. The van der Waals surface area contributed by atoms with Crippen molar-refractivity contribution in [1.82, 2.24) is 0 Å². The third-order valence-corrected chi connectivity index (χ3v) is 6.16. The van der Waals surface area contributed by atoms with Crippen LogP contribution in [0.15, 0.2) is 83.8 Å². The van der Waals surface area contributed by atoms with Gasteiger partial charge in [-0.2, -0.15) is 0 Å². The van der Waals surface area contributed by atoms with Gasteiger partial charge in [-0.05, 0) is 35.7 Å². The van der Waals surface area contributed by atoms with Gasteiger partial charge >= 0.3 is 0 Å². The number of benzene rings is 3. The minimum atomic E-state index is -3.32. The number of para-hydroxylation sites is 1. The molecular weight excluding hydrogens is 394 g/mol. The van der Waals surface area contributed by atoms with Crippen LogP contribution in [0.2, 0.25) is 0 Å². The zero-order chi connectivity index (χ0) is 21.6. The van der Waals surface area contributed by atoms with Gasteiger partial charge in [0.05, 0.1) is 11.4 Å². The Morgan fingerprint density at radius 3 is 2.13 bits per heavy atom. The predicted octanol–water partition coefficient (Wildman–Crippen LogP) is 5.48. The van der Waals surface area contributed by atoms with Crippen LogP contribution in [0.4, 0.5) is 5.69 Å². The molecule has 0 radical (unpaired) electrons. The lowest BCUT2D eigenvalue weighted by atomic mass is 10.0. The van der Waals surface area contributed by atoms with E-state index in [1.54, 1.807) is 12.1 Å². The van der Waals surface area contributed by atoms with E-state index in [1.165, 1.54) is 6.26 Å². The SMILES string of the molecule is CCCCC(=O)N(Cc1ccc(-c2ccccc2S(C)(=O)=O)cc1)c1ccccc1. The van der Waals surface area contributed by atoms with E-state index in [9.17, 15) is 13.2 Å². The van der Waals surface area contributed by atoms with Crippen LogP contribution < -0.4 is 4.90 Å². The van der Waals surface area contributed by atoms with E-state index in [1.807, 2.05) is 71.6 Å². The number of sulfone groups is 1. The molecule has 0 heterocycles. The molecule has 4 nitrogen and oxygen atoms in total. The molecule has 0 atom stereocenters. The lowest BCUT2D eigenvalue weighted by molar-refractivity contribution is -0.118. The van der Waals surface area contributed by atoms with Crippen LogP contribution in [0.5, 0.6) is 0 Å². The largest absolute Gasteiger partial charge is 0.308 e. The number of amides is 1. The first-order valence-corrected chi connectivity index (χ1v) is 12.0. The molecule has 0 unspecified atom stereocenters. The van der Waals surface area contributed by atoms with Crippen molar-refractivity contribution in [3.8, 4) is 11.1 Å². The highest BCUT2D eigenvalue weighted by atomic mass is 32.2. The maximum absolute atomic E-state index is 12.8. The summed E-state index contributed by atoms with van der Waals surface area (Å²) in [7, 11) is -3.32. The van der Waals surface area contributed by atoms with Crippen molar-refractivity contribution in [2.24, 2.45) is 0 Å². The maximum atomic E-state index is 12.8. The van der Waals surface area contributed by atoms with E-state index in [2.05, 4.69) is 6.92 Å². The Kier molecular flexibility index (Phi) is 7.06. The monoisotopic (exact) mass is 421 g/mol. The summed E-state index contributed by atoms with van der Waals surface area (Å²) in [4.78, 5) is 14.9. The molecule has 0 bridgehead atoms. The molecule has 5 heteroatoms. The number of anilines is 1. The molecule has 0 aromatic heterocycles. The second kappa shape index (κ2) is 9.72. The Balaban J connectivity index is 1.87. The van der Waals surface area contributed by atoms with Crippen molar-refractivity contribution in [3.05, 3.63) is 84.4 Å². The highest BCUT2D eigenvalue weighted by molar-refractivity contribution is 7.90. The van der Waals surface area contributed by atoms with Gasteiger partial charge in [-0.3, -0.25) is 4.79 Å². The minimum Gasteiger partial charge on any atom is -0.308 e. The zero-order valence-electron chi connectivity index (χ0n) is 17.4. The quantitative estimate of drug-likeness (QED) is 0.484. The third-order valence-electron chi connectivity index (χ3n) is 5.01. The molecule has 156 valence electrons. The van der Waals surface area contributed by atoms with Crippen LogP contribution >= 0.6 is 0 Å². The number of unbranched alkanes of at least 4 members (excludes halogenated alkanes) is 1. The topological polar surface area (TPSA) is 54.5 Å². The van der Waals surface area contributed by atoms with Gasteiger partial charge in [-0.25, -0.2) is 8.42 Å². The fourth-order valence-electron chi connectivity index (χ4n) is 3.40. The molecular formula is C25H27NO3S. The molecule has 3 aromatic rings. The fraction of sp³-hybridized carbons (Fsp3) is 0.240. The molecule has 1 amide bonds. The molecule has 0 saturated heterocycles. The van der Waals surface area contributed by atoms with Crippen LogP contribution in [0.25, 0.3) is 11.1 Å². The van der Waals surface area contributed by atoms with Gasteiger partial charge in [0.25, 0.3) is 0 Å². The summed E-state index contributed by atoms with van der Waals surface area (Å²) in [6.07, 6.45) is 3.58. The second-order valence-electron chi connectivity index (χ2n) is 7.38. The first kappa shape index (κ1) is 21.8. The summed E-state index contributed by atoms with van der Waals surface area (Å²) in [5.74, 6) is 0.106. The van der Waals surface area contributed by atoms with Gasteiger partial charge in [0.2, 0.25) is 5.91 Å². The van der Waals surface area contributed by atoms with Gasteiger partial charge in [-0.1, -0.05) is 74.0 Å². The van der Waals surface area contributed by atoms with Crippen molar-refractivity contribution in [2.45, 2.75) is 37.6 Å². The minimum absolute atomic E-state index is 0.106. The van der Waals surface area contributed by atoms with Gasteiger partial charge in [0.15, 0.2) is 9.84 Å². The Morgan fingerprint density at radius 2 is 1.50 bits per heavy atom.